The van der Waals surface area contributed by atoms with Crippen LogP contribution in [0.5, 0.6) is 0 Å². The number of aliphatic hydroxyl groups excluding tert-OH is 2. The molecule has 80 valence electrons. The Bertz CT molecular complexity index is 360. The summed E-state index contributed by atoms with van der Waals surface area (Å²) < 4.78 is 0. The lowest BCUT2D eigenvalue weighted by Crippen LogP contribution is -2.22. The minimum Gasteiger partial charge on any atom is -0.390 e. The maximum absolute atomic E-state index is 9.78. The van der Waals surface area contributed by atoms with Crippen LogP contribution in [-0.2, 0) is 0 Å². The van der Waals surface area contributed by atoms with E-state index in [1.807, 2.05) is 6.07 Å². The Kier molecular flexibility index (Phi) is 4.25. The number of hydrogen-bond acceptors (Lipinski definition) is 4. The highest BCUT2D eigenvalue weighted by atomic mass is 16.3. The van der Waals surface area contributed by atoms with E-state index in [9.17, 15) is 10.2 Å². The first-order chi connectivity index (χ1) is 7.20. The van der Waals surface area contributed by atoms with E-state index in [0.717, 1.165) is 0 Å². The van der Waals surface area contributed by atoms with Crippen LogP contribution in [0.3, 0.4) is 0 Å². The van der Waals surface area contributed by atoms with Gasteiger partial charge in [0.1, 0.15) is 6.10 Å². The second-order valence-corrected chi connectivity index (χ2v) is 3.29. The predicted molar refractivity (Wildman–Crippen MR) is 55.8 cm³/mol. The first-order valence-electron chi connectivity index (χ1n) is 4.76. The minimum atomic E-state index is -1.05. The first-order valence-corrected chi connectivity index (χ1v) is 4.76. The molecule has 0 bridgehead atoms. The maximum atomic E-state index is 9.78. The Morgan fingerprint density at radius 2 is 2.00 bits per heavy atom. The smallest absolute Gasteiger partial charge is 0.106 e. The molecule has 0 radical (unpaired) electrons. The molecule has 0 aromatic heterocycles. The maximum Gasteiger partial charge on any atom is 0.106 e. The van der Waals surface area contributed by atoms with Crippen LogP contribution in [0.2, 0.25) is 0 Å². The molecule has 0 aliphatic heterocycles. The minimum absolute atomic E-state index is 0.299. The van der Waals surface area contributed by atoms with Crippen molar-refractivity contribution in [2.75, 3.05) is 6.54 Å². The molecule has 0 amide bonds. The van der Waals surface area contributed by atoms with Crippen molar-refractivity contribution < 1.29 is 10.2 Å². The fraction of sp³-hybridized carbons (Fsp3) is 0.364. The summed E-state index contributed by atoms with van der Waals surface area (Å²) in [6.45, 7) is 0.299. The van der Waals surface area contributed by atoms with Crippen LogP contribution in [0.25, 0.3) is 0 Å². The Hall–Kier alpha value is -1.41. The normalized spacial score (nSPS) is 14.3. The van der Waals surface area contributed by atoms with Crippen LogP contribution in [0, 0.1) is 11.3 Å². The summed E-state index contributed by atoms with van der Waals surface area (Å²) in [6, 6.07) is 8.63. The van der Waals surface area contributed by atoms with Crippen molar-refractivity contribution in [1.29, 1.82) is 5.26 Å². The van der Waals surface area contributed by atoms with Crippen LogP contribution in [0.4, 0.5) is 0 Å². The molecule has 0 aliphatic rings. The third-order valence-corrected chi connectivity index (χ3v) is 2.23. The molecule has 2 atom stereocenters. The average Bonchev–Trinajstić information content (AvgIpc) is 2.28. The zero-order valence-corrected chi connectivity index (χ0v) is 8.30. The van der Waals surface area contributed by atoms with Crippen LogP contribution in [0.15, 0.2) is 24.3 Å². The zero-order chi connectivity index (χ0) is 11.3. The standard InChI is InChI=1S/C11H14N2O2/c12-6-5-10(14)11(15)9-4-2-1-3-8(9)7-13/h1-4,10-11,14-15H,5-6,12H2. The van der Waals surface area contributed by atoms with E-state index < -0.39 is 12.2 Å². The van der Waals surface area contributed by atoms with E-state index in [1.165, 1.54) is 0 Å². The lowest BCUT2D eigenvalue weighted by molar-refractivity contribution is 0.0149. The van der Waals surface area contributed by atoms with Gasteiger partial charge in [0.2, 0.25) is 0 Å². The summed E-state index contributed by atoms with van der Waals surface area (Å²) in [4.78, 5) is 0. The fourth-order valence-corrected chi connectivity index (χ4v) is 1.39. The molecule has 0 fully saturated rings. The van der Waals surface area contributed by atoms with Crippen LogP contribution < -0.4 is 5.73 Å². The number of nitrogens with zero attached hydrogens (tertiary/aromatic N) is 1. The Morgan fingerprint density at radius 1 is 1.33 bits per heavy atom. The molecule has 4 heteroatoms. The topological polar surface area (TPSA) is 90.3 Å². The summed E-state index contributed by atoms with van der Waals surface area (Å²) in [6.07, 6.45) is -1.67. The van der Waals surface area contributed by atoms with Crippen molar-refractivity contribution in [3.05, 3.63) is 35.4 Å². The van der Waals surface area contributed by atoms with Crippen molar-refractivity contribution in [3.63, 3.8) is 0 Å². The van der Waals surface area contributed by atoms with E-state index in [0.29, 0.717) is 24.1 Å². The second kappa shape index (κ2) is 5.47. The van der Waals surface area contributed by atoms with Gasteiger partial charge in [-0.25, -0.2) is 0 Å². The highest BCUT2D eigenvalue weighted by molar-refractivity contribution is 5.39. The van der Waals surface area contributed by atoms with E-state index in [-0.39, 0.29) is 0 Å². The number of benzene rings is 1. The van der Waals surface area contributed by atoms with E-state index >= 15 is 0 Å². The molecule has 0 saturated carbocycles. The molecule has 4 N–H and O–H groups in total. The quantitative estimate of drug-likeness (QED) is 0.661. The highest BCUT2D eigenvalue weighted by Crippen LogP contribution is 2.21. The number of rotatable bonds is 4. The monoisotopic (exact) mass is 206 g/mol. The van der Waals surface area contributed by atoms with Gasteiger partial charge in [0, 0.05) is 5.56 Å². The highest BCUT2D eigenvalue weighted by Gasteiger charge is 2.19. The van der Waals surface area contributed by atoms with Gasteiger partial charge in [-0.05, 0) is 19.0 Å². The van der Waals surface area contributed by atoms with Crippen LogP contribution >= 0.6 is 0 Å². The molecule has 0 aliphatic carbocycles. The molecule has 1 rings (SSSR count). The molecular weight excluding hydrogens is 192 g/mol. The average molecular weight is 206 g/mol. The van der Waals surface area contributed by atoms with Gasteiger partial charge in [0.05, 0.1) is 17.7 Å². The van der Waals surface area contributed by atoms with E-state index in [1.54, 1.807) is 24.3 Å². The number of hydrogen-bond donors (Lipinski definition) is 3. The summed E-state index contributed by atoms with van der Waals surface area (Å²) in [7, 11) is 0. The Balaban J connectivity index is 2.91. The molecule has 2 unspecified atom stereocenters. The van der Waals surface area contributed by atoms with Gasteiger partial charge in [-0.15, -0.1) is 0 Å². The van der Waals surface area contributed by atoms with Gasteiger partial charge in [0.15, 0.2) is 0 Å². The van der Waals surface area contributed by atoms with E-state index in [2.05, 4.69) is 0 Å². The largest absolute Gasteiger partial charge is 0.390 e. The number of nitrogens with two attached hydrogens (primary N) is 1. The molecule has 0 heterocycles. The summed E-state index contributed by atoms with van der Waals surface area (Å²) in [5.41, 5.74) is 6.10. The molecule has 0 spiro atoms. The van der Waals surface area contributed by atoms with Gasteiger partial charge in [-0.3, -0.25) is 0 Å². The Morgan fingerprint density at radius 3 is 2.60 bits per heavy atom. The Labute approximate surface area is 88.6 Å². The molecule has 1 aromatic rings. The van der Waals surface area contributed by atoms with Gasteiger partial charge in [0.25, 0.3) is 0 Å². The zero-order valence-electron chi connectivity index (χ0n) is 8.30. The third-order valence-electron chi connectivity index (χ3n) is 2.23. The van der Waals surface area contributed by atoms with Gasteiger partial charge in [-0.1, -0.05) is 18.2 Å². The number of nitriles is 1. The number of aliphatic hydroxyl groups is 2. The lowest BCUT2D eigenvalue weighted by atomic mass is 9.98. The molecule has 4 nitrogen and oxygen atoms in total. The summed E-state index contributed by atoms with van der Waals surface area (Å²) >= 11 is 0. The van der Waals surface area contributed by atoms with Crippen molar-refractivity contribution in [2.24, 2.45) is 5.73 Å². The van der Waals surface area contributed by atoms with Gasteiger partial charge < -0.3 is 15.9 Å². The summed E-state index contributed by atoms with van der Waals surface area (Å²) in [5.74, 6) is 0. The fourth-order valence-electron chi connectivity index (χ4n) is 1.39. The molecule has 15 heavy (non-hydrogen) atoms. The molecular formula is C11H14N2O2. The van der Waals surface area contributed by atoms with E-state index in [4.69, 9.17) is 11.0 Å². The van der Waals surface area contributed by atoms with Crippen molar-refractivity contribution in [2.45, 2.75) is 18.6 Å². The van der Waals surface area contributed by atoms with Crippen molar-refractivity contribution in [1.82, 2.24) is 0 Å². The van der Waals surface area contributed by atoms with Gasteiger partial charge in [-0.2, -0.15) is 5.26 Å². The van der Waals surface area contributed by atoms with Crippen molar-refractivity contribution >= 4 is 0 Å². The third kappa shape index (κ3) is 2.77. The predicted octanol–water partition coefficient (Wildman–Crippen LogP) is 0.301. The second-order valence-electron chi connectivity index (χ2n) is 3.29. The lowest BCUT2D eigenvalue weighted by Gasteiger charge is -2.18. The van der Waals surface area contributed by atoms with Crippen molar-refractivity contribution in [3.8, 4) is 6.07 Å². The molecule has 0 saturated heterocycles. The summed E-state index contributed by atoms with van der Waals surface area (Å²) in [5, 5.41) is 28.1. The first kappa shape index (κ1) is 11.7. The van der Waals surface area contributed by atoms with Gasteiger partial charge >= 0.3 is 0 Å². The van der Waals surface area contributed by atoms with Crippen LogP contribution in [-0.4, -0.2) is 22.9 Å². The molecule has 1 aromatic carbocycles. The SMILES string of the molecule is N#Cc1ccccc1C(O)C(O)CCN. The van der Waals surface area contributed by atoms with Crippen LogP contribution in [0.1, 0.15) is 23.7 Å².